The second-order valence-electron chi connectivity index (χ2n) is 8.37. The van der Waals surface area contributed by atoms with Crippen molar-refractivity contribution >= 4 is 34.8 Å². The van der Waals surface area contributed by atoms with Gasteiger partial charge in [0.15, 0.2) is 0 Å². The summed E-state index contributed by atoms with van der Waals surface area (Å²) in [5.74, 6) is -0.238. The maximum atomic E-state index is 12.9. The number of carbonyl (C=O) groups excluding carboxylic acids is 3. The number of nitrogens with zero attached hydrogens (tertiary/aromatic N) is 2. The molecule has 0 spiro atoms. The van der Waals surface area contributed by atoms with Gasteiger partial charge in [0.2, 0.25) is 17.7 Å². The second kappa shape index (κ2) is 7.94. The van der Waals surface area contributed by atoms with E-state index in [0.717, 1.165) is 34.6 Å². The van der Waals surface area contributed by atoms with E-state index in [1.165, 1.54) is 0 Å². The number of para-hydroxylation sites is 1. The maximum Gasteiger partial charge on any atom is 0.229 e. The van der Waals surface area contributed by atoms with Crippen LogP contribution < -0.4 is 15.1 Å². The fraction of sp³-hybridized carbons (Fsp3) is 0.375. The minimum atomic E-state index is -0.389. The van der Waals surface area contributed by atoms with Gasteiger partial charge in [0, 0.05) is 43.5 Å². The highest BCUT2D eigenvalue weighted by atomic mass is 16.2. The van der Waals surface area contributed by atoms with Crippen molar-refractivity contribution in [1.29, 1.82) is 0 Å². The van der Waals surface area contributed by atoms with Gasteiger partial charge < -0.3 is 15.1 Å². The molecule has 4 rings (SSSR count). The molecule has 2 aliphatic heterocycles. The number of nitrogens with one attached hydrogen (secondary N) is 1. The molecule has 2 aromatic rings. The van der Waals surface area contributed by atoms with E-state index in [1.807, 2.05) is 42.5 Å². The normalized spacial score (nSPS) is 18.1. The summed E-state index contributed by atoms with van der Waals surface area (Å²) in [5.41, 5.74) is 4.67. The number of hydrogen-bond donors (Lipinski definition) is 1. The molecular weight excluding hydrogens is 378 g/mol. The third-order valence-electron chi connectivity index (χ3n) is 5.99. The van der Waals surface area contributed by atoms with Crippen molar-refractivity contribution in [3.63, 3.8) is 0 Å². The summed E-state index contributed by atoms with van der Waals surface area (Å²) in [6.07, 6.45) is 0.979. The number of amides is 3. The van der Waals surface area contributed by atoms with Crippen molar-refractivity contribution in [2.75, 3.05) is 28.2 Å². The molecule has 30 heavy (non-hydrogen) atoms. The number of fused-ring (bicyclic) bond motifs is 1. The van der Waals surface area contributed by atoms with Crippen LogP contribution in [0.3, 0.4) is 0 Å². The van der Waals surface area contributed by atoms with E-state index in [-0.39, 0.29) is 30.1 Å². The lowest BCUT2D eigenvalue weighted by molar-refractivity contribution is -0.122. The highest BCUT2D eigenvalue weighted by Gasteiger charge is 2.36. The van der Waals surface area contributed by atoms with Crippen molar-refractivity contribution in [2.24, 2.45) is 5.92 Å². The molecule has 1 saturated heterocycles. The Balaban J connectivity index is 1.49. The average molecular weight is 405 g/mol. The van der Waals surface area contributed by atoms with Gasteiger partial charge in [-0.15, -0.1) is 0 Å². The highest BCUT2D eigenvalue weighted by molar-refractivity contribution is 6.04. The van der Waals surface area contributed by atoms with Gasteiger partial charge >= 0.3 is 0 Å². The maximum absolute atomic E-state index is 12.9. The zero-order valence-electron chi connectivity index (χ0n) is 17.6. The highest BCUT2D eigenvalue weighted by Crippen LogP contribution is 2.34. The van der Waals surface area contributed by atoms with Gasteiger partial charge in [-0.2, -0.15) is 0 Å². The van der Waals surface area contributed by atoms with Crippen LogP contribution in [0.1, 0.15) is 44.2 Å². The molecule has 0 unspecified atom stereocenters. The van der Waals surface area contributed by atoms with E-state index in [1.54, 1.807) is 16.7 Å². The molecule has 0 bridgehead atoms. The third-order valence-corrected chi connectivity index (χ3v) is 5.99. The molecule has 0 radical (unpaired) electrons. The number of carbonyl (C=O) groups is 3. The predicted octanol–water partition coefficient (Wildman–Crippen LogP) is 3.71. The van der Waals surface area contributed by atoms with Crippen molar-refractivity contribution in [2.45, 2.75) is 39.5 Å². The zero-order valence-corrected chi connectivity index (χ0v) is 17.6. The summed E-state index contributed by atoms with van der Waals surface area (Å²) < 4.78 is 0. The first-order valence-electron chi connectivity index (χ1n) is 10.5. The van der Waals surface area contributed by atoms with Crippen LogP contribution in [0.2, 0.25) is 0 Å². The van der Waals surface area contributed by atoms with Crippen molar-refractivity contribution in [3.8, 4) is 0 Å². The van der Waals surface area contributed by atoms with Crippen LogP contribution in [0.15, 0.2) is 42.5 Å². The van der Waals surface area contributed by atoms with E-state index >= 15 is 0 Å². The molecule has 1 fully saturated rings. The Morgan fingerprint density at radius 1 is 1.13 bits per heavy atom. The number of anilines is 3. The summed E-state index contributed by atoms with van der Waals surface area (Å²) >= 11 is 0. The minimum Gasteiger partial charge on any atom is -0.326 e. The fourth-order valence-electron chi connectivity index (χ4n) is 4.36. The van der Waals surface area contributed by atoms with Gasteiger partial charge in [-0.1, -0.05) is 32.0 Å². The molecule has 6 nitrogen and oxygen atoms in total. The number of rotatable bonds is 4. The first-order chi connectivity index (χ1) is 14.3. The van der Waals surface area contributed by atoms with Crippen LogP contribution in [0.5, 0.6) is 0 Å². The van der Waals surface area contributed by atoms with Gasteiger partial charge in [-0.25, -0.2) is 0 Å². The molecule has 0 aromatic heterocycles. The third kappa shape index (κ3) is 3.70. The lowest BCUT2D eigenvalue weighted by atomic mass is 10.0. The monoisotopic (exact) mass is 405 g/mol. The Morgan fingerprint density at radius 2 is 1.90 bits per heavy atom. The molecule has 1 atom stereocenters. The quantitative estimate of drug-likeness (QED) is 0.843. The Kier molecular flexibility index (Phi) is 5.33. The lowest BCUT2D eigenvalue weighted by Crippen LogP contribution is -2.28. The van der Waals surface area contributed by atoms with E-state index in [4.69, 9.17) is 0 Å². The SMILES string of the molecule is CC(=O)N1CCc2cc(N3C[C@H](C(=O)Nc4ccccc4C(C)C)CC3=O)ccc21. The van der Waals surface area contributed by atoms with Gasteiger partial charge in [-0.05, 0) is 47.7 Å². The molecule has 0 saturated carbocycles. The smallest absolute Gasteiger partial charge is 0.229 e. The van der Waals surface area contributed by atoms with Crippen LogP contribution in [0, 0.1) is 5.92 Å². The Hall–Kier alpha value is -3.15. The lowest BCUT2D eigenvalue weighted by Gasteiger charge is -2.20. The topological polar surface area (TPSA) is 69.7 Å². The summed E-state index contributed by atoms with van der Waals surface area (Å²) in [5, 5.41) is 3.02. The van der Waals surface area contributed by atoms with E-state index < -0.39 is 0 Å². The van der Waals surface area contributed by atoms with Crippen molar-refractivity contribution in [1.82, 2.24) is 0 Å². The first-order valence-corrected chi connectivity index (χ1v) is 10.5. The van der Waals surface area contributed by atoms with Crippen LogP contribution in [-0.4, -0.2) is 30.8 Å². The number of hydrogen-bond acceptors (Lipinski definition) is 3. The molecule has 1 N–H and O–H groups in total. The van der Waals surface area contributed by atoms with Crippen LogP contribution in [0.4, 0.5) is 17.1 Å². The fourth-order valence-corrected chi connectivity index (χ4v) is 4.36. The van der Waals surface area contributed by atoms with Gasteiger partial charge in [-0.3, -0.25) is 14.4 Å². The Morgan fingerprint density at radius 3 is 2.63 bits per heavy atom. The van der Waals surface area contributed by atoms with Crippen molar-refractivity contribution < 1.29 is 14.4 Å². The van der Waals surface area contributed by atoms with Crippen LogP contribution in [0.25, 0.3) is 0 Å². The standard InChI is InChI=1S/C24H27N3O3/c1-15(2)20-6-4-5-7-21(20)25-24(30)18-13-23(29)27(14-18)19-8-9-22-17(12-19)10-11-26(22)16(3)28/h4-9,12,15,18H,10-11,13-14H2,1-3H3,(H,25,30)/t18-/m1/s1. The van der Waals surface area contributed by atoms with Crippen molar-refractivity contribution in [3.05, 3.63) is 53.6 Å². The molecular formula is C24H27N3O3. The van der Waals surface area contributed by atoms with Gasteiger partial charge in [0.05, 0.1) is 5.92 Å². The summed E-state index contributed by atoms with van der Waals surface area (Å²) in [7, 11) is 0. The first kappa shape index (κ1) is 20.1. The van der Waals surface area contributed by atoms with Gasteiger partial charge in [0.25, 0.3) is 0 Å². The summed E-state index contributed by atoms with van der Waals surface area (Å²) in [6, 6.07) is 13.5. The second-order valence-corrected chi connectivity index (χ2v) is 8.37. The Labute approximate surface area is 176 Å². The summed E-state index contributed by atoms with van der Waals surface area (Å²) in [4.78, 5) is 40.8. The predicted molar refractivity (Wildman–Crippen MR) is 118 cm³/mol. The van der Waals surface area contributed by atoms with E-state index in [2.05, 4.69) is 19.2 Å². The van der Waals surface area contributed by atoms with Crippen LogP contribution in [-0.2, 0) is 20.8 Å². The molecule has 156 valence electrons. The molecule has 2 aliphatic rings. The van der Waals surface area contributed by atoms with Crippen LogP contribution >= 0.6 is 0 Å². The molecule has 3 amide bonds. The van der Waals surface area contributed by atoms with Gasteiger partial charge in [0.1, 0.15) is 0 Å². The molecule has 6 heteroatoms. The van der Waals surface area contributed by atoms with E-state index in [9.17, 15) is 14.4 Å². The largest absolute Gasteiger partial charge is 0.326 e. The average Bonchev–Trinajstić information content (AvgIpc) is 3.31. The number of benzene rings is 2. The summed E-state index contributed by atoms with van der Waals surface area (Å²) in [6.45, 7) is 6.78. The minimum absolute atomic E-state index is 0.0252. The molecule has 2 heterocycles. The molecule has 0 aliphatic carbocycles. The molecule has 2 aromatic carbocycles. The van der Waals surface area contributed by atoms with E-state index in [0.29, 0.717) is 19.0 Å². The Bertz CT molecular complexity index is 1010. The zero-order chi connectivity index (χ0) is 21.4.